The van der Waals surface area contributed by atoms with Gasteiger partial charge >= 0.3 is 0 Å². The second-order valence-corrected chi connectivity index (χ2v) is 11.3. The van der Waals surface area contributed by atoms with E-state index >= 15 is 0 Å². The molecule has 3 rings (SSSR count). The summed E-state index contributed by atoms with van der Waals surface area (Å²) in [5.74, 6) is 0.212. The van der Waals surface area contributed by atoms with Gasteiger partial charge in [0, 0.05) is 22.8 Å². The molecule has 2 aromatic heterocycles. The van der Waals surface area contributed by atoms with Crippen molar-refractivity contribution >= 4 is 49.1 Å². The molecule has 2 atom stereocenters. The topological polar surface area (TPSA) is 80.2 Å². The lowest BCUT2D eigenvalue weighted by molar-refractivity contribution is -0.131. The molecule has 0 N–H and O–H groups in total. The van der Waals surface area contributed by atoms with Crippen LogP contribution < -0.4 is 0 Å². The summed E-state index contributed by atoms with van der Waals surface area (Å²) in [4.78, 5) is 25.6. The second kappa shape index (κ2) is 7.44. The third kappa shape index (κ3) is 3.75. The van der Waals surface area contributed by atoms with Crippen LogP contribution in [0.2, 0.25) is 0 Å². The van der Waals surface area contributed by atoms with Crippen molar-refractivity contribution in [1.29, 1.82) is 0 Å². The average Bonchev–Trinajstić information content (AvgIpc) is 3.08. The molecule has 0 aromatic carbocycles. The van der Waals surface area contributed by atoms with Crippen LogP contribution >= 0.6 is 23.1 Å². The molecule has 0 unspecified atom stereocenters. The molecule has 0 radical (unpaired) electrons. The molecule has 1 fully saturated rings. The van der Waals surface area contributed by atoms with Gasteiger partial charge in [-0.2, -0.15) is 0 Å². The van der Waals surface area contributed by atoms with Gasteiger partial charge in [0.25, 0.3) is 0 Å². The van der Waals surface area contributed by atoms with E-state index in [1.54, 1.807) is 22.6 Å². The number of amides is 1. The Kier molecular flexibility index (Phi) is 5.60. The normalized spacial score (nSPS) is 20.4. The van der Waals surface area contributed by atoms with Gasteiger partial charge in [0.15, 0.2) is 9.84 Å². The van der Waals surface area contributed by atoms with E-state index in [0.717, 1.165) is 20.8 Å². The quantitative estimate of drug-likeness (QED) is 0.554. The van der Waals surface area contributed by atoms with E-state index in [4.69, 9.17) is 0 Å². The summed E-state index contributed by atoms with van der Waals surface area (Å²) in [6.07, 6.45) is 2.07. The molecule has 0 spiro atoms. The minimum absolute atomic E-state index is 0.0315. The number of carbonyl (C=O) groups is 1. The van der Waals surface area contributed by atoms with Crippen molar-refractivity contribution in [2.75, 3.05) is 18.1 Å². The summed E-state index contributed by atoms with van der Waals surface area (Å²) in [5.41, 5.74) is 1.15. The maximum Gasteiger partial charge on any atom is 0.236 e. The van der Waals surface area contributed by atoms with E-state index in [1.807, 2.05) is 13.8 Å². The van der Waals surface area contributed by atoms with Crippen LogP contribution in [0.1, 0.15) is 30.7 Å². The standard InChI is InChI=1S/C17H23N3O3S3/c1-5-20(13-6-7-26(22,23)8-13)17(21)12(4)25-16-14-10(2)11(3)24-15(14)18-9-19-16/h9,12-13H,5-8H2,1-4H3/t12-,13-/m0/s1. The minimum Gasteiger partial charge on any atom is -0.338 e. The summed E-state index contributed by atoms with van der Waals surface area (Å²) >= 11 is 3.06. The Bertz CT molecular complexity index is 939. The molecule has 1 aliphatic heterocycles. The van der Waals surface area contributed by atoms with Crippen LogP contribution in [0.4, 0.5) is 0 Å². The molecule has 1 saturated heterocycles. The maximum atomic E-state index is 13.0. The first-order valence-electron chi connectivity index (χ1n) is 8.61. The van der Waals surface area contributed by atoms with E-state index in [-0.39, 0.29) is 28.7 Å². The Labute approximate surface area is 162 Å². The number of carbonyl (C=O) groups excluding carboxylic acids is 1. The number of hydrogen-bond donors (Lipinski definition) is 0. The Hall–Kier alpha value is -1.19. The van der Waals surface area contributed by atoms with Gasteiger partial charge in [0.2, 0.25) is 5.91 Å². The van der Waals surface area contributed by atoms with Gasteiger partial charge in [-0.1, -0.05) is 11.8 Å². The number of sulfone groups is 1. The lowest BCUT2D eigenvalue weighted by Gasteiger charge is -2.29. The molecule has 1 amide bonds. The van der Waals surface area contributed by atoms with E-state index in [0.29, 0.717) is 13.0 Å². The molecule has 6 nitrogen and oxygen atoms in total. The monoisotopic (exact) mass is 413 g/mol. The highest BCUT2D eigenvalue weighted by Gasteiger charge is 2.35. The number of nitrogens with zero attached hydrogens (tertiary/aromatic N) is 3. The van der Waals surface area contributed by atoms with Crippen molar-refractivity contribution in [3.63, 3.8) is 0 Å². The minimum atomic E-state index is -3.02. The van der Waals surface area contributed by atoms with E-state index < -0.39 is 9.84 Å². The van der Waals surface area contributed by atoms with Gasteiger partial charge in [0.1, 0.15) is 16.2 Å². The molecule has 2 aromatic rings. The molecule has 142 valence electrons. The Balaban J connectivity index is 1.81. The summed E-state index contributed by atoms with van der Waals surface area (Å²) < 4.78 is 23.5. The van der Waals surface area contributed by atoms with Gasteiger partial charge in [0.05, 0.1) is 16.8 Å². The summed E-state index contributed by atoms with van der Waals surface area (Å²) in [6, 6.07) is -0.212. The zero-order valence-corrected chi connectivity index (χ0v) is 17.8. The molecule has 0 aliphatic carbocycles. The van der Waals surface area contributed by atoms with Crippen molar-refractivity contribution in [3.8, 4) is 0 Å². The highest BCUT2D eigenvalue weighted by molar-refractivity contribution is 8.00. The van der Waals surface area contributed by atoms with Crippen molar-refractivity contribution in [2.45, 2.75) is 50.4 Å². The fraction of sp³-hybridized carbons (Fsp3) is 0.588. The van der Waals surface area contributed by atoms with Crippen molar-refractivity contribution in [3.05, 3.63) is 16.8 Å². The molecule has 0 bridgehead atoms. The number of thiophene rings is 1. The predicted molar refractivity (Wildman–Crippen MR) is 107 cm³/mol. The summed E-state index contributed by atoms with van der Waals surface area (Å²) in [6.45, 7) is 8.39. The van der Waals surface area contributed by atoms with Crippen LogP contribution in [0.3, 0.4) is 0 Å². The van der Waals surface area contributed by atoms with E-state index in [2.05, 4.69) is 23.8 Å². The Morgan fingerprint density at radius 1 is 1.42 bits per heavy atom. The summed E-state index contributed by atoms with van der Waals surface area (Å²) in [5, 5.41) is 1.50. The third-order valence-corrected chi connectivity index (χ3v) is 8.79. The number of thioether (sulfide) groups is 1. The first-order valence-corrected chi connectivity index (χ1v) is 12.1. The van der Waals surface area contributed by atoms with Crippen LogP contribution in [0.25, 0.3) is 10.2 Å². The first-order chi connectivity index (χ1) is 12.2. The number of aromatic nitrogens is 2. The van der Waals surface area contributed by atoms with Crippen molar-refractivity contribution in [1.82, 2.24) is 14.9 Å². The highest BCUT2D eigenvalue weighted by atomic mass is 32.2. The highest BCUT2D eigenvalue weighted by Crippen LogP contribution is 2.36. The third-order valence-electron chi connectivity index (χ3n) is 4.84. The largest absolute Gasteiger partial charge is 0.338 e. The Morgan fingerprint density at radius 3 is 2.77 bits per heavy atom. The molecule has 0 saturated carbocycles. The fourth-order valence-electron chi connectivity index (χ4n) is 3.31. The molecular weight excluding hydrogens is 390 g/mol. The SMILES string of the molecule is CCN(C(=O)[C@H](C)Sc1ncnc2sc(C)c(C)c12)[C@H]1CCS(=O)(=O)C1. The van der Waals surface area contributed by atoms with Gasteiger partial charge in [-0.25, -0.2) is 18.4 Å². The zero-order valence-electron chi connectivity index (χ0n) is 15.4. The van der Waals surface area contributed by atoms with Crippen LogP contribution in [0.15, 0.2) is 11.4 Å². The molecule has 3 heterocycles. The van der Waals surface area contributed by atoms with Gasteiger partial charge < -0.3 is 4.90 Å². The second-order valence-electron chi connectivity index (χ2n) is 6.58. The first kappa shape index (κ1) is 19.6. The number of aryl methyl sites for hydroxylation is 2. The number of rotatable bonds is 5. The van der Waals surface area contributed by atoms with Crippen molar-refractivity contribution in [2.24, 2.45) is 0 Å². The maximum absolute atomic E-state index is 13.0. The van der Waals surface area contributed by atoms with Gasteiger partial charge in [-0.15, -0.1) is 11.3 Å². The van der Waals surface area contributed by atoms with Crippen LogP contribution in [0, 0.1) is 13.8 Å². The van der Waals surface area contributed by atoms with Crippen LogP contribution in [0.5, 0.6) is 0 Å². The Morgan fingerprint density at radius 2 is 2.15 bits per heavy atom. The number of hydrogen-bond acceptors (Lipinski definition) is 7. The van der Waals surface area contributed by atoms with Crippen LogP contribution in [-0.2, 0) is 14.6 Å². The van der Waals surface area contributed by atoms with Crippen LogP contribution in [-0.4, -0.2) is 58.5 Å². The smallest absolute Gasteiger partial charge is 0.236 e. The lowest BCUT2D eigenvalue weighted by Crippen LogP contribution is -2.44. The molecule has 1 aliphatic rings. The van der Waals surface area contributed by atoms with E-state index in [1.165, 1.54) is 16.6 Å². The van der Waals surface area contributed by atoms with E-state index in [9.17, 15) is 13.2 Å². The van der Waals surface area contributed by atoms with Crippen molar-refractivity contribution < 1.29 is 13.2 Å². The molecular formula is C17H23N3O3S3. The average molecular weight is 414 g/mol. The zero-order chi connectivity index (χ0) is 19.1. The molecule has 26 heavy (non-hydrogen) atoms. The predicted octanol–water partition coefficient (Wildman–Crippen LogP) is 2.82. The summed E-state index contributed by atoms with van der Waals surface area (Å²) in [7, 11) is -3.02. The fourth-order valence-corrected chi connectivity index (χ4v) is 7.14. The lowest BCUT2D eigenvalue weighted by atomic mass is 10.2. The van der Waals surface area contributed by atoms with Gasteiger partial charge in [-0.3, -0.25) is 4.79 Å². The number of fused-ring (bicyclic) bond motifs is 1. The van der Waals surface area contributed by atoms with Gasteiger partial charge in [-0.05, 0) is 39.7 Å². The molecule has 9 heteroatoms.